The molecule has 0 aliphatic rings. The van der Waals surface area contributed by atoms with Gasteiger partial charge in [-0.1, -0.05) is 53.7 Å². The molecule has 90 valence electrons. The van der Waals surface area contributed by atoms with E-state index in [2.05, 4.69) is 62.9 Å². The van der Waals surface area contributed by atoms with Crippen molar-refractivity contribution >= 4 is 14.5 Å². The van der Waals surface area contributed by atoms with E-state index in [4.69, 9.17) is 0 Å². The lowest BCUT2D eigenvalue weighted by Gasteiger charge is -2.24. The van der Waals surface area contributed by atoms with Gasteiger partial charge in [0, 0.05) is 0 Å². The summed E-state index contributed by atoms with van der Waals surface area (Å²) in [5.74, 6) is 1.82. The Morgan fingerprint density at radius 1 is 0.750 bits per heavy atom. The van der Waals surface area contributed by atoms with E-state index in [9.17, 15) is 0 Å². The zero-order valence-electron chi connectivity index (χ0n) is 11.5. The van der Waals surface area contributed by atoms with E-state index >= 15 is 0 Å². The standard InChI is InChI=1S/C15H25P/c1-9(2)12-7-8-13(16)15(11(5)6)14(12)10(3)4/h7-11H,16H2,1-6H3. The van der Waals surface area contributed by atoms with Crippen molar-refractivity contribution in [1.82, 2.24) is 0 Å². The minimum absolute atomic E-state index is 0.601. The second kappa shape index (κ2) is 5.32. The van der Waals surface area contributed by atoms with Crippen LogP contribution in [0.15, 0.2) is 12.1 Å². The first kappa shape index (κ1) is 13.7. The van der Waals surface area contributed by atoms with Crippen molar-refractivity contribution in [3.05, 3.63) is 28.8 Å². The highest BCUT2D eigenvalue weighted by molar-refractivity contribution is 7.27. The van der Waals surface area contributed by atoms with Crippen LogP contribution in [0.2, 0.25) is 0 Å². The van der Waals surface area contributed by atoms with Crippen molar-refractivity contribution in [3.8, 4) is 0 Å². The van der Waals surface area contributed by atoms with Gasteiger partial charge < -0.3 is 0 Å². The van der Waals surface area contributed by atoms with Crippen molar-refractivity contribution in [2.75, 3.05) is 0 Å². The van der Waals surface area contributed by atoms with Crippen LogP contribution in [0.1, 0.15) is 76.0 Å². The Hall–Kier alpha value is -0.350. The summed E-state index contributed by atoms with van der Waals surface area (Å²) in [6.07, 6.45) is 0. The van der Waals surface area contributed by atoms with E-state index in [1.807, 2.05) is 0 Å². The van der Waals surface area contributed by atoms with E-state index < -0.39 is 0 Å². The van der Waals surface area contributed by atoms with Gasteiger partial charge in [-0.25, -0.2) is 0 Å². The molecule has 0 aliphatic carbocycles. The first-order valence-electron chi connectivity index (χ1n) is 6.28. The Bertz CT molecular complexity index is 362. The molecule has 16 heavy (non-hydrogen) atoms. The topological polar surface area (TPSA) is 0 Å². The highest BCUT2D eigenvalue weighted by Crippen LogP contribution is 2.32. The van der Waals surface area contributed by atoms with Crippen molar-refractivity contribution in [1.29, 1.82) is 0 Å². The van der Waals surface area contributed by atoms with E-state index in [0.29, 0.717) is 17.8 Å². The molecule has 0 spiro atoms. The fourth-order valence-corrected chi connectivity index (χ4v) is 3.05. The maximum Gasteiger partial charge on any atom is -0.0210 e. The number of rotatable bonds is 3. The summed E-state index contributed by atoms with van der Waals surface area (Å²) in [6.45, 7) is 13.8. The molecule has 0 fully saturated rings. The van der Waals surface area contributed by atoms with E-state index in [1.165, 1.54) is 16.4 Å². The van der Waals surface area contributed by atoms with Crippen molar-refractivity contribution in [2.24, 2.45) is 0 Å². The van der Waals surface area contributed by atoms with Crippen LogP contribution in [0.3, 0.4) is 0 Å². The van der Waals surface area contributed by atoms with Gasteiger partial charge >= 0.3 is 0 Å². The second-order valence-electron chi connectivity index (χ2n) is 5.54. The van der Waals surface area contributed by atoms with Gasteiger partial charge in [-0.05, 0) is 39.7 Å². The molecule has 0 N–H and O–H groups in total. The summed E-state index contributed by atoms with van der Waals surface area (Å²) in [6, 6.07) is 4.55. The minimum Gasteiger partial charge on any atom is -0.105 e. The predicted octanol–water partition coefficient (Wildman–Crippen LogP) is 4.56. The van der Waals surface area contributed by atoms with Gasteiger partial charge in [-0.15, -0.1) is 9.24 Å². The molecule has 0 saturated heterocycles. The monoisotopic (exact) mass is 236 g/mol. The van der Waals surface area contributed by atoms with Gasteiger partial charge in [0.1, 0.15) is 0 Å². The van der Waals surface area contributed by atoms with Gasteiger partial charge in [0.05, 0.1) is 0 Å². The molecule has 0 saturated carbocycles. The minimum atomic E-state index is 0.601. The van der Waals surface area contributed by atoms with Gasteiger partial charge in [0.15, 0.2) is 0 Å². The van der Waals surface area contributed by atoms with Gasteiger partial charge in [-0.2, -0.15) is 0 Å². The van der Waals surface area contributed by atoms with Crippen LogP contribution in [0.5, 0.6) is 0 Å². The molecule has 0 heterocycles. The molecule has 0 nitrogen and oxygen atoms in total. The third-order valence-electron chi connectivity index (χ3n) is 3.13. The lowest BCUT2D eigenvalue weighted by molar-refractivity contribution is 0.752. The second-order valence-corrected chi connectivity index (χ2v) is 6.16. The molecular weight excluding hydrogens is 211 g/mol. The average molecular weight is 236 g/mol. The van der Waals surface area contributed by atoms with Crippen LogP contribution >= 0.6 is 9.24 Å². The zero-order valence-corrected chi connectivity index (χ0v) is 12.6. The Morgan fingerprint density at radius 3 is 1.62 bits per heavy atom. The van der Waals surface area contributed by atoms with Crippen LogP contribution in [-0.4, -0.2) is 0 Å². The highest BCUT2D eigenvalue weighted by atomic mass is 31.0. The summed E-state index contributed by atoms with van der Waals surface area (Å²) in [7, 11) is 2.89. The van der Waals surface area contributed by atoms with Crippen LogP contribution in [-0.2, 0) is 0 Å². The summed E-state index contributed by atoms with van der Waals surface area (Å²) < 4.78 is 0. The van der Waals surface area contributed by atoms with E-state index in [-0.39, 0.29) is 0 Å². The normalized spacial score (nSPS) is 11.9. The van der Waals surface area contributed by atoms with Crippen molar-refractivity contribution in [3.63, 3.8) is 0 Å². The Kier molecular flexibility index (Phi) is 4.56. The first-order chi connectivity index (χ1) is 7.36. The van der Waals surface area contributed by atoms with E-state index in [0.717, 1.165) is 0 Å². The molecule has 1 aromatic rings. The third-order valence-corrected chi connectivity index (χ3v) is 3.63. The fourth-order valence-electron chi connectivity index (χ4n) is 2.46. The molecule has 1 rings (SSSR count). The third kappa shape index (κ3) is 2.66. The summed E-state index contributed by atoms with van der Waals surface area (Å²) in [4.78, 5) is 0. The number of benzene rings is 1. The predicted molar refractivity (Wildman–Crippen MR) is 78.1 cm³/mol. The maximum atomic E-state index is 2.89. The molecule has 1 unspecified atom stereocenters. The molecule has 0 bridgehead atoms. The highest BCUT2D eigenvalue weighted by Gasteiger charge is 2.18. The van der Waals surface area contributed by atoms with Crippen LogP contribution in [0, 0.1) is 0 Å². The van der Waals surface area contributed by atoms with Crippen LogP contribution < -0.4 is 5.30 Å². The molecule has 0 radical (unpaired) electrons. The smallest absolute Gasteiger partial charge is 0.0210 e. The summed E-state index contributed by atoms with van der Waals surface area (Å²) in [5, 5.41) is 1.36. The van der Waals surface area contributed by atoms with Gasteiger partial charge in [-0.3, -0.25) is 0 Å². The molecule has 1 atom stereocenters. The zero-order chi connectivity index (χ0) is 12.5. The quantitative estimate of drug-likeness (QED) is 0.675. The lowest BCUT2D eigenvalue weighted by Crippen LogP contribution is -2.13. The van der Waals surface area contributed by atoms with Crippen molar-refractivity contribution in [2.45, 2.75) is 59.3 Å². The molecule has 0 amide bonds. The molecular formula is C15H25P. The van der Waals surface area contributed by atoms with Crippen LogP contribution in [0.25, 0.3) is 0 Å². The average Bonchev–Trinajstić information content (AvgIpc) is 2.15. The first-order valence-corrected chi connectivity index (χ1v) is 6.86. The van der Waals surface area contributed by atoms with Gasteiger partial charge in [0.25, 0.3) is 0 Å². The maximum absolute atomic E-state index is 2.89. The number of hydrogen-bond acceptors (Lipinski definition) is 0. The Labute approximate surface area is 103 Å². The lowest BCUT2D eigenvalue weighted by atomic mass is 9.83. The Balaban J connectivity index is 3.50. The number of hydrogen-bond donors (Lipinski definition) is 0. The fraction of sp³-hybridized carbons (Fsp3) is 0.600. The van der Waals surface area contributed by atoms with Gasteiger partial charge in [0.2, 0.25) is 0 Å². The largest absolute Gasteiger partial charge is 0.105 e. The molecule has 0 aromatic heterocycles. The van der Waals surface area contributed by atoms with Crippen LogP contribution in [0.4, 0.5) is 0 Å². The Morgan fingerprint density at radius 2 is 1.25 bits per heavy atom. The molecule has 1 heteroatoms. The SMILES string of the molecule is CC(C)c1ccc(P)c(C(C)C)c1C(C)C. The summed E-state index contributed by atoms with van der Waals surface area (Å²) >= 11 is 0. The molecule has 1 aromatic carbocycles. The van der Waals surface area contributed by atoms with E-state index in [1.54, 1.807) is 5.56 Å². The van der Waals surface area contributed by atoms with Crippen molar-refractivity contribution < 1.29 is 0 Å². The molecule has 0 aliphatic heterocycles. The summed E-state index contributed by atoms with van der Waals surface area (Å²) in [5.41, 5.74) is 4.62.